The Balaban J connectivity index is 0.00000133. The molecule has 0 aromatic carbocycles. The van der Waals surface area contributed by atoms with E-state index in [1.807, 2.05) is 35.2 Å². The highest BCUT2D eigenvalue weighted by molar-refractivity contribution is 6.30. The fourth-order valence-corrected chi connectivity index (χ4v) is 2.37. The maximum Gasteiger partial charge on any atom is 0.144 e. The third-order valence-electron chi connectivity index (χ3n) is 3.09. The Morgan fingerprint density at radius 3 is 2.74 bits per heavy atom. The maximum absolute atomic E-state index is 6.08. The second-order valence-electron chi connectivity index (χ2n) is 4.30. The van der Waals surface area contributed by atoms with E-state index in [1.165, 1.54) is 5.57 Å². The van der Waals surface area contributed by atoms with Crippen molar-refractivity contribution < 1.29 is 0 Å². The first-order valence-corrected chi connectivity index (χ1v) is 6.41. The van der Waals surface area contributed by atoms with Crippen LogP contribution in [-0.4, -0.2) is 22.6 Å². The average molecular weight is 296 g/mol. The van der Waals surface area contributed by atoms with Crippen molar-refractivity contribution >= 4 is 29.6 Å². The van der Waals surface area contributed by atoms with Crippen LogP contribution in [0.3, 0.4) is 0 Å². The van der Waals surface area contributed by atoms with Gasteiger partial charge >= 0.3 is 0 Å². The van der Waals surface area contributed by atoms with Crippen LogP contribution in [0.4, 0.5) is 0 Å². The molecule has 2 aromatic heterocycles. The molecule has 0 saturated carbocycles. The van der Waals surface area contributed by atoms with Crippen LogP contribution in [0.5, 0.6) is 0 Å². The van der Waals surface area contributed by atoms with Crippen molar-refractivity contribution in [1.29, 1.82) is 0 Å². The number of aromatic nitrogens is 2. The SMILES string of the molecule is Cl.Clc1cnc(-n2cccc2)c(C2=CCNCC2)c1. The molecule has 1 aliphatic rings. The van der Waals surface area contributed by atoms with Crippen LogP contribution < -0.4 is 5.32 Å². The second-order valence-corrected chi connectivity index (χ2v) is 4.73. The molecule has 3 nitrogen and oxygen atoms in total. The molecule has 0 bridgehead atoms. The molecule has 0 radical (unpaired) electrons. The number of hydrogen-bond donors (Lipinski definition) is 1. The normalized spacial score (nSPS) is 14.7. The van der Waals surface area contributed by atoms with E-state index in [-0.39, 0.29) is 12.4 Å². The van der Waals surface area contributed by atoms with Crippen molar-refractivity contribution in [2.75, 3.05) is 13.1 Å². The Hall–Kier alpha value is -1.29. The third-order valence-corrected chi connectivity index (χ3v) is 3.30. The molecule has 0 aliphatic carbocycles. The number of hydrogen-bond acceptors (Lipinski definition) is 2. The van der Waals surface area contributed by atoms with Crippen LogP contribution in [0.2, 0.25) is 5.02 Å². The van der Waals surface area contributed by atoms with E-state index < -0.39 is 0 Å². The summed E-state index contributed by atoms with van der Waals surface area (Å²) in [7, 11) is 0. The Bertz CT molecular complexity index is 576. The largest absolute Gasteiger partial charge is 0.313 e. The van der Waals surface area contributed by atoms with Gasteiger partial charge in [0.2, 0.25) is 0 Å². The molecule has 0 fully saturated rings. The highest BCUT2D eigenvalue weighted by atomic mass is 35.5. The summed E-state index contributed by atoms with van der Waals surface area (Å²) in [5.74, 6) is 0.942. The Morgan fingerprint density at radius 1 is 1.26 bits per heavy atom. The van der Waals surface area contributed by atoms with Crippen molar-refractivity contribution in [3.8, 4) is 5.82 Å². The first kappa shape index (κ1) is 14.1. The van der Waals surface area contributed by atoms with Crippen LogP contribution in [0.25, 0.3) is 11.4 Å². The summed E-state index contributed by atoms with van der Waals surface area (Å²) in [6.07, 6.45) is 8.92. The lowest BCUT2D eigenvalue weighted by molar-refractivity contribution is 0.737. The third kappa shape index (κ3) is 3.00. The van der Waals surface area contributed by atoms with Crippen molar-refractivity contribution in [1.82, 2.24) is 14.9 Å². The van der Waals surface area contributed by atoms with E-state index >= 15 is 0 Å². The number of nitrogens with one attached hydrogen (secondary N) is 1. The first-order chi connectivity index (χ1) is 8.84. The molecule has 1 aliphatic heterocycles. The van der Waals surface area contributed by atoms with Crippen molar-refractivity contribution in [2.45, 2.75) is 6.42 Å². The van der Waals surface area contributed by atoms with Gasteiger partial charge in [-0.05, 0) is 36.7 Å². The van der Waals surface area contributed by atoms with E-state index in [1.54, 1.807) is 6.20 Å². The maximum atomic E-state index is 6.08. The topological polar surface area (TPSA) is 29.9 Å². The molecule has 100 valence electrons. The van der Waals surface area contributed by atoms with Crippen LogP contribution in [-0.2, 0) is 0 Å². The van der Waals surface area contributed by atoms with E-state index in [2.05, 4.69) is 16.4 Å². The lowest BCUT2D eigenvalue weighted by Crippen LogP contribution is -2.20. The minimum atomic E-state index is 0. The van der Waals surface area contributed by atoms with E-state index in [4.69, 9.17) is 11.6 Å². The molecule has 3 heterocycles. The van der Waals surface area contributed by atoms with Crippen molar-refractivity contribution in [3.05, 3.63) is 53.5 Å². The highest BCUT2D eigenvalue weighted by Crippen LogP contribution is 2.27. The molecule has 0 atom stereocenters. The molecule has 2 aromatic rings. The van der Waals surface area contributed by atoms with Crippen LogP contribution in [0, 0.1) is 0 Å². The smallest absolute Gasteiger partial charge is 0.144 e. The van der Waals surface area contributed by atoms with Crippen LogP contribution >= 0.6 is 24.0 Å². The lowest BCUT2D eigenvalue weighted by Gasteiger charge is -2.17. The van der Waals surface area contributed by atoms with Gasteiger partial charge in [-0.3, -0.25) is 0 Å². The molecule has 19 heavy (non-hydrogen) atoms. The average Bonchev–Trinajstić information content (AvgIpc) is 2.93. The molecular formula is C14H15Cl2N3. The number of halogens is 2. The fourth-order valence-electron chi connectivity index (χ4n) is 2.22. The van der Waals surface area contributed by atoms with E-state index in [0.717, 1.165) is 30.9 Å². The van der Waals surface area contributed by atoms with E-state index in [9.17, 15) is 0 Å². The molecular weight excluding hydrogens is 281 g/mol. The summed E-state index contributed by atoms with van der Waals surface area (Å²) in [5, 5.41) is 4.00. The van der Waals surface area contributed by atoms with Gasteiger partial charge in [-0.15, -0.1) is 12.4 Å². The predicted molar refractivity (Wildman–Crippen MR) is 81.3 cm³/mol. The first-order valence-electron chi connectivity index (χ1n) is 6.03. The minimum absolute atomic E-state index is 0. The monoisotopic (exact) mass is 295 g/mol. The molecule has 3 rings (SSSR count). The number of nitrogens with zero attached hydrogens (tertiary/aromatic N) is 2. The summed E-state index contributed by atoms with van der Waals surface area (Å²) in [5.41, 5.74) is 2.44. The van der Waals surface area contributed by atoms with Gasteiger partial charge in [-0.25, -0.2) is 4.98 Å². The van der Waals surface area contributed by atoms with Crippen molar-refractivity contribution in [3.63, 3.8) is 0 Å². The summed E-state index contributed by atoms with van der Waals surface area (Å²) < 4.78 is 2.02. The quantitative estimate of drug-likeness (QED) is 0.921. The summed E-state index contributed by atoms with van der Waals surface area (Å²) in [6.45, 7) is 1.91. The van der Waals surface area contributed by atoms with Gasteiger partial charge in [-0.2, -0.15) is 0 Å². The molecule has 0 saturated heterocycles. The van der Waals surface area contributed by atoms with Crippen molar-refractivity contribution in [2.24, 2.45) is 0 Å². The van der Waals surface area contributed by atoms with Gasteiger partial charge in [0.1, 0.15) is 5.82 Å². The molecule has 0 unspecified atom stereocenters. The number of rotatable bonds is 2. The van der Waals surface area contributed by atoms with E-state index in [0.29, 0.717) is 5.02 Å². The fraction of sp³-hybridized carbons (Fsp3) is 0.214. The zero-order valence-corrected chi connectivity index (χ0v) is 11.9. The Morgan fingerprint density at radius 2 is 2.05 bits per heavy atom. The molecule has 5 heteroatoms. The molecule has 0 spiro atoms. The zero-order valence-electron chi connectivity index (χ0n) is 10.3. The highest BCUT2D eigenvalue weighted by Gasteiger charge is 2.13. The van der Waals surface area contributed by atoms with Gasteiger partial charge in [0.25, 0.3) is 0 Å². The summed E-state index contributed by atoms with van der Waals surface area (Å²) >= 11 is 6.08. The zero-order chi connectivity index (χ0) is 12.4. The van der Waals surface area contributed by atoms with Crippen LogP contribution in [0.15, 0.2) is 42.9 Å². The van der Waals surface area contributed by atoms with Gasteiger partial charge in [-0.1, -0.05) is 17.7 Å². The van der Waals surface area contributed by atoms with Gasteiger partial charge in [0, 0.05) is 30.7 Å². The predicted octanol–water partition coefficient (Wildman–Crippen LogP) is 3.32. The Kier molecular flexibility index (Phi) is 4.64. The minimum Gasteiger partial charge on any atom is -0.313 e. The summed E-state index contributed by atoms with van der Waals surface area (Å²) in [6, 6.07) is 5.99. The molecule has 1 N–H and O–H groups in total. The summed E-state index contributed by atoms with van der Waals surface area (Å²) in [4.78, 5) is 4.47. The second kappa shape index (κ2) is 6.24. The van der Waals surface area contributed by atoms with Crippen LogP contribution in [0.1, 0.15) is 12.0 Å². The van der Waals surface area contributed by atoms with Gasteiger partial charge in [0.15, 0.2) is 0 Å². The van der Waals surface area contributed by atoms with Gasteiger partial charge in [0.05, 0.1) is 5.02 Å². The Labute approximate surface area is 123 Å². The standard InChI is InChI=1S/C14H14ClN3.ClH/c15-12-9-13(11-3-5-16-6-4-11)14(17-10-12)18-7-1-2-8-18;/h1-3,7-10,16H,4-6H2;1H. The number of pyridine rings is 1. The molecule has 0 amide bonds. The lowest BCUT2D eigenvalue weighted by atomic mass is 10.0. The van der Waals surface area contributed by atoms with Gasteiger partial charge < -0.3 is 9.88 Å².